The number of hydrogen-bond donors (Lipinski definition) is 1. The first-order valence-electron chi connectivity index (χ1n) is 14.2. The molecule has 1 aliphatic rings. The molecule has 4 rings (SSSR count). The Morgan fingerprint density at radius 2 is 1.54 bits per heavy atom. The van der Waals surface area contributed by atoms with Crippen molar-refractivity contribution in [2.45, 2.75) is 62.9 Å². The first-order valence-corrected chi connectivity index (χ1v) is 15.7. The second-order valence-electron chi connectivity index (χ2n) is 10.4. The highest BCUT2D eigenvalue weighted by atomic mass is 32.2. The predicted octanol–water partition coefficient (Wildman–Crippen LogP) is 4.71. The lowest BCUT2D eigenvalue weighted by Crippen LogP contribution is -2.50. The second kappa shape index (κ2) is 14.4. The van der Waals surface area contributed by atoms with Crippen LogP contribution in [0.3, 0.4) is 0 Å². The lowest BCUT2D eigenvalue weighted by Gasteiger charge is -2.31. The third-order valence-corrected chi connectivity index (χ3v) is 9.25. The molecule has 0 spiro atoms. The van der Waals surface area contributed by atoms with Crippen molar-refractivity contribution in [3.63, 3.8) is 0 Å². The predicted molar refractivity (Wildman–Crippen MR) is 157 cm³/mol. The number of hydrogen-bond acceptors (Lipinski definition) is 4. The summed E-state index contributed by atoms with van der Waals surface area (Å²) in [6.07, 6.45) is 3.36. The number of carbonyl (C=O) groups excluding carboxylic acids is 2. The third kappa shape index (κ3) is 8.24. The number of amides is 2. The van der Waals surface area contributed by atoms with E-state index in [0.717, 1.165) is 36.0 Å². The van der Waals surface area contributed by atoms with E-state index < -0.39 is 16.1 Å². The summed E-state index contributed by atoms with van der Waals surface area (Å²) in [5, 5.41) is 2.95. The van der Waals surface area contributed by atoms with E-state index in [2.05, 4.69) is 5.32 Å². The van der Waals surface area contributed by atoms with Crippen LogP contribution in [0.1, 0.15) is 49.3 Å². The molecule has 41 heavy (non-hydrogen) atoms. The van der Waals surface area contributed by atoms with Gasteiger partial charge in [-0.1, -0.05) is 61.5 Å². The quantitative estimate of drug-likeness (QED) is 0.318. The smallest absolute Gasteiger partial charge is 0.243 e. The Balaban J connectivity index is 1.54. The van der Waals surface area contributed by atoms with Gasteiger partial charge in [0.1, 0.15) is 11.9 Å². The molecule has 1 saturated heterocycles. The van der Waals surface area contributed by atoms with Gasteiger partial charge in [0.2, 0.25) is 21.8 Å². The number of benzene rings is 3. The molecule has 1 atom stereocenters. The molecular formula is C32H38FN3O4S. The fourth-order valence-electron chi connectivity index (χ4n) is 5.01. The van der Waals surface area contributed by atoms with Crippen LogP contribution in [-0.4, -0.2) is 55.1 Å². The lowest BCUT2D eigenvalue weighted by atomic mass is 10.0. The number of nitrogens with zero attached hydrogens (tertiary/aromatic N) is 2. The Morgan fingerprint density at radius 1 is 0.902 bits per heavy atom. The fourth-order valence-corrected chi connectivity index (χ4v) is 6.52. The van der Waals surface area contributed by atoms with Crippen LogP contribution in [0.2, 0.25) is 0 Å². The van der Waals surface area contributed by atoms with Crippen LogP contribution in [0, 0.1) is 5.82 Å². The Morgan fingerprint density at radius 3 is 2.17 bits per heavy atom. The van der Waals surface area contributed by atoms with Gasteiger partial charge in [0, 0.05) is 39.0 Å². The van der Waals surface area contributed by atoms with Crippen LogP contribution in [-0.2, 0) is 39.0 Å². The molecule has 0 radical (unpaired) electrons. The van der Waals surface area contributed by atoms with E-state index in [1.54, 1.807) is 41.3 Å². The van der Waals surface area contributed by atoms with Gasteiger partial charge in [-0.15, -0.1) is 0 Å². The van der Waals surface area contributed by atoms with E-state index in [9.17, 15) is 22.4 Å². The summed E-state index contributed by atoms with van der Waals surface area (Å²) in [6, 6.07) is 21.4. The average Bonchev–Trinajstić information content (AvgIpc) is 3.54. The standard InChI is InChI=1S/C32H38FN3O4S/c1-2-20-34-32(38)30(23-26-8-4-3-5-9-26)36(24-27-10-15-28(33)16-11-27)31(37)19-14-25-12-17-29(18-13-25)41(39,40)35-21-6-7-22-35/h3-5,8-13,15-18,30H,2,6-7,14,19-24H2,1H3,(H,34,38)/t30-/m0/s1. The Bertz CT molecular complexity index is 1390. The monoisotopic (exact) mass is 579 g/mol. The molecule has 3 aromatic carbocycles. The molecule has 1 heterocycles. The Kier molecular flexibility index (Phi) is 10.7. The van der Waals surface area contributed by atoms with Gasteiger partial charge in [0.05, 0.1) is 4.90 Å². The minimum atomic E-state index is -3.51. The molecule has 0 aromatic heterocycles. The van der Waals surface area contributed by atoms with Gasteiger partial charge < -0.3 is 10.2 Å². The largest absolute Gasteiger partial charge is 0.354 e. The van der Waals surface area contributed by atoms with Crippen LogP contribution in [0.15, 0.2) is 83.8 Å². The van der Waals surface area contributed by atoms with E-state index in [-0.39, 0.29) is 35.5 Å². The maximum Gasteiger partial charge on any atom is 0.243 e. The minimum absolute atomic E-state index is 0.131. The number of carbonyl (C=O) groups is 2. The van der Waals surface area contributed by atoms with Gasteiger partial charge in [-0.25, -0.2) is 12.8 Å². The normalized spacial score (nSPS) is 14.5. The summed E-state index contributed by atoms with van der Waals surface area (Å²) in [4.78, 5) is 29.0. The minimum Gasteiger partial charge on any atom is -0.354 e. The molecule has 1 aliphatic heterocycles. The zero-order valence-electron chi connectivity index (χ0n) is 23.5. The number of rotatable bonds is 13. The summed E-state index contributed by atoms with van der Waals surface area (Å²) in [7, 11) is -3.51. The van der Waals surface area contributed by atoms with Gasteiger partial charge in [-0.2, -0.15) is 4.31 Å². The maximum absolute atomic E-state index is 13.8. The second-order valence-corrected chi connectivity index (χ2v) is 12.3. The summed E-state index contributed by atoms with van der Waals surface area (Å²) in [6.45, 7) is 3.70. The molecule has 0 bridgehead atoms. The highest BCUT2D eigenvalue weighted by Crippen LogP contribution is 2.22. The lowest BCUT2D eigenvalue weighted by molar-refractivity contribution is -0.141. The number of nitrogens with one attached hydrogen (secondary N) is 1. The van der Waals surface area contributed by atoms with Crippen molar-refractivity contribution in [2.75, 3.05) is 19.6 Å². The maximum atomic E-state index is 13.8. The van der Waals surface area contributed by atoms with E-state index in [0.29, 0.717) is 32.5 Å². The van der Waals surface area contributed by atoms with E-state index in [1.165, 1.54) is 16.4 Å². The van der Waals surface area contributed by atoms with Crippen LogP contribution in [0.5, 0.6) is 0 Å². The average molecular weight is 580 g/mol. The van der Waals surface area contributed by atoms with Gasteiger partial charge in [-0.3, -0.25) is 9.59 Å². The van der Waals surface area contributed by atoms with Gasteiger partial charge in [-0.05, 0) is 66.6 Å². The molecule has 2 amide bonds. The van der Waals surface area contributed by atoms with Gasteiger partial charge in [0.15, 0.2) is 0 Å². The van der Waals surface area contributed by atoms with Crippen molar-refractivity contribution in [1.29, 1.82) is 0 Å². The van der Waals surface area contributed by atoms with Crippen molar-refractivity contribution in [1.82, 2.24) is 14.5 Å². The number of halogens is 1. The highest BCUT2D eigenvalue weighted by molar-refractivity contribution is 7.89. The highest BCUT2D eigenvalue weighted by Gasteiger charge is 2.30. The molecule has 1 N–H and O–H groups in total. The van der Waals surface area contributed by atoms with E-state index in [4.69, 9.17) is 0 Å². The summed E-state index contributed by atoms with van der Waals surface area (Å²) < 4.78 is 40.8. The third-order valence-electron chi connectivity index (χ3n) is 7.34. The van der Waals surface area contributed by atoms with Crippen molar-refractivity contribution < 1.29 is 22.4 Å². The van der Waals surface area contributed by atoms with Gasteiger partial charge >= 0.3 is 0 Å². The number of sulfonamides is 1. The first kappa shape index (κ1) is 30.4. The number of aryl methyl sites for hydroxylation is 1. The zero-order chi connectivity index (χ0) is 29.2. The molecule has 0 unspecified atom stereocenters. The van der Waals surface area contributed by atoms with Crippen molar-refractivity contribution >= 4 is 21.8 Å². The van der Waals surface area contributed by atoms with Crippen LogP contribution >= 0.6 is 0 Å². The topological polar surface area (TPSA) is 86.8 Å². The fraction of sp³-hybridized carbons (Fsp3) is 0.375. The Hall–Kier alpha value is -3.56. The molecule has 1 fully saturated rings. The summed E-state index contributed by atoms with van der Waals surface area (Å²) in [5.74, 6) is -0.818. The molecule has 0 saturated carbocycles. The summed E-state index contributed by atoms with van der Waals surface area (Å²) >= 11 is 0. The van der Waals surface area contributed by atoms with Crippen LogP contribution in [0.25, 0.3) is 0 Å². The SMILES string of the molecule is CCCNC(=O)[C@H](Cc1ccccc1)N(Cc1ccc(F)cc1)C(=O)CCc1ccc(S(=O)(=O)N2CCCC2)cc1. The van der Waals surface area contributed by atoms with Crippen molar-refractivity contribution in [2.24, 2.45) is 0 Å². The first-order chi connectivity index (χ1) is 19.8. The van der Waals surface area contributed by atoms with Crippen LogP contribution < -0.4 is 5.32 Å². The summed E-state index contributed by atoms with van der Waals surface area (Å²) in [5.41, 5.74) is 2.48. The molecule has 7 nitrogen and oxygen atoms in total. The van der Waals surface area contributed by atoms with Crippen molar-refractivity contribution in [3.8, 4) is 0 Å². The molecular weight excluding hydrogens is 541 g/mol. The van der Waals surface area contributed by atoms with Crippen molar-refractivity contribution in [3.05, 3.63) is 101 Å². The molecule has 218 valence electrons. The van der Waals surface area contributed by atoms with E-state index in [1.807, 2.05) is 37.3 Å². The van der Waals surface area contributed by atoms with E-state index >= 15 is 0 Å². The zero-order valence-corrected chi connectivity index (χ0v) is 24.3. The molecule has 0 aliphatic carbocycles. The Labute approximate surface area is 242 Å². The molecule has 3 aromatic rings. The van der Waals surface area contributed by atoms with Gasteiger partial charge in [0.25, 0.3) is 0 Å². The van der Waals surface area contributed by atoms with Crippen LogP contribution in [0.4, 0.5) is 4.39 Å². The molecule has 9 heteroatoms.